The monoisotopic (exact) mass is 1190 g/mol. The molecule has 0 bridgehead atoms. The van der Waals surface area contributed by atoms with Gasteiger partial charge in [0.25, 0.3) is 22.9 Å². The first kappa shape index (κ1) is 62.3. The molecule has 2 aliphatic rings. The fraction of sp³-hybridized carbons (Fsp3) is 0.294. The number of aryl methyl sites for hydroxylation is 1. The number of ether oxygens (including phenoxy) is 2. The van der Waals surface area contributed by atoms with E-state index in [-0.39, 0.29) is 73.0 Å². The van der Waals surface area contributed by atoms with Crippen molar-refractivity contribution in [1.82, 2.24) is 39.7 Å². The maximum Gasteiger partial charge on any atom is 0.407 e. The van der Waals surface area contributed by atoms with Crippen LogP contribution in [0.5, 0.6) is 0 Å². The van der Waals surface area contributed by atoms with Crippen molar-refractivity contribution in [2.45, 2.75) is 104 Å². The molecule has 0 fully saturated rings. The summed E-state index contributed by atoms with van der Waals surface area (Å²) in [6, 6.07) is 37.2. The molecular formula is C68H74N12O8. The number of nitrogens with zero attached hydrogens (tertiary/aromatic N) is 8. The Kier molecular flexibility index (Phi) is 19.1. The maximum absolute atomic E-state index is 14.1. The van der Waals surface area contributed by atoms with Crippen molar-refractivity contribution in [3.8, 4) is 22.5 Å². The van der Waals surface area contributed by atoms with Crippen molar-refractivity contribution in [3.05, 3.63) is 218 Å². The molecule has 4 aromatic heterocycles. The Hall–Kier alpha value is -10.2. The molecule has 20 nitrogen and oxygen atoms in total. The van der Waals surface area contributed by atoms with Gasteiger partial charge in [-0.3, -0.25) is 48.1 Å². The van der Waals surface area contributed by atoms with Crippen LogP contribution in [-0.2, 0) is 55.9 Å². The summed E-state index contributed by atoms with van der Waals surface area (Å²) < 4.78 is 13.8. The topological polar surface area (TPSA) is 237 Å². The van der Waals surface area contributed by atoms with Crippen LogP contribution in [0, 0.1) is 0 Å². The molecule has 0 spiro atoms. The number of hydrogen-bond donors (Lipinski definition) is 4. The third-order valence-electron chi connectivity index (χ3n) is 14.7. The summed E-state index contributed by atoms with van der Waals surface area (Å²) in [4.78, 5) is 102. The van der Waals surface area contributed by atoms with E-state index in [1.54, 1.807) is 90.0 Å². The first-order valence-corrected chi connectivity index (χ1v) is 29.2. The van der Waals surface area contributed by atoms with E-state index < -0.39 is 28.9 Å². The SMILES string of the molecule is C=Cc1cccc2c1C(=O)N(c1c(-c3ccncc3)nc(NC[C@H](Cc3ccccc3)NC(=O)OC(C)(C)C)n(C)c1=O)C2.CCc1cccc2c1C(=O)N(c1c(-c3ccncc3)nc(NC[C@H](Cc3ccccc3)NC(=O)OC(C)(C)C)n(C)c1=O)C2. The van der Waals surface area contributed by atoms with Gasteiger partial charge in [0, 0.05) is 68.7 Å². The quantitative estimate of drug-likeness (QED) is 0.0626. The van der Waals surface area contributed by atoms with Gasteiger partial charge in [0.2, 0.25) is 11.9 Å². The van der Waals surface area contributed by atoms with Crippen molar-refractivity contribution < 1.29 is 28.7 Å². The number of pyridine rings is 2. The lowest BCUT2D eigenvalue weighted by atomic mass is 10.0. The zero-order chi connectivity index (χ0) is 62.9. The van der Waals surface area contributed by atoms with Gasteiger partial charge in [-0.2, -0.15) is 0 Å². The first-order chi connectivity index (χ1) is 42.1. The van der Waals surface area contributed by atoms with Crippen molar-refractivity contribution in [2.75, 3.05) is 33.5 Å². The lowest BCUT2D eigenvalue weighted by molar-refractivity contribution is 0.0495. The number of alkyl carbamates (subject to hydrolysis) is 2. The minimum atomic E-state index is -0.658. The van der Waals surface area contributed by atoms with Crippen LogP contribution in [0.1, 0.15) is 103 Å². The molecule has 0 saturated heterocycles. The number of benzene rings is 4. The Morgan fingerprint density at radius 3 is 1.39 bits per heavy atom. The van der Waals surface area contributed by atoms with Gasteiger partial charge in [0.1, 0.15) is 34.0 Å². The minimum Gasteiger partial charge on any atom is -0.444 e. The average molecular weight is 1190 g/mol. The highest BCUT2D eigenvalue weighted by molar-refractivity contribution is 6.14. The first-order valence-electron chi connectivity index (χ1n) is 29.2. The third-order valence-corrected chi connectivity index (χ3v) is 14.7. The Bertz CT molecular complexity index is 3980. The second-order valence-electron chi connectivity index (χ2n) is 23.5. The van der Waals surface area contributed by atoms with Crippen LogP contribution in [0.15, 0.2) is 162 Å². The Morgan fingerprint density at radius 1 is 0.568 bits per heavy atom. The predicted octanol–water partition coefficient (Wildman–Crippen LogP) is 10.3. The number of amides is 4. The Balaban J connectivity index is 0.000000209. The van der Waals surface area contributed by atoms with Gasteiger partial charge in [0.05, 0.1) is 30.7 Å². The standard InChI is InChI=1S/C34H38N6O4.C34H36N6O4/c2*1-6-23-13-10-14-25-21-40(30(41)27(23)25)29-28(24-15-17-35-18-16-24)38-32(39(5)31(29)42)36-20-26(19-22-11-8-7-9-12-22)37-33(43)44-34(2,3)4/h7-18,26H,6,19-21H2,1-5H3,(H,36,38)(H,37,43);6-18,26H,1,19-21H2,2-5H3,(H,36,38)(H,37,43)/t2*26-/m00/s1. The number of nitrogens with one attached hydrogen (secondary N) is 4. The zero-order valence-electron chi connectivity index (χ0n) is 51.1. The number of fused-ring (bicyclic) bond motifs is 2. The number of rotatable bonds is 18. The molecule has 8 aromatic rings. The summed E-state index contributed by atoms with van der Waals surface area (Å²) in [6.45, 7) is 17.7. The molecule has 4 aromatic carbocycles. The summed E-state index contributed by atoms with van der Waals surface area (Å²) >= 11 is 0. The van der Waals surface area contributed by atoms with Crippen molar-refractivity contribution in [2.24, 2.45) is 14.1 Å². The molecule has 88 heavy (non-hydrogen) atoms. The van der Waals surface area contributed by atoms with Crippen LogP contribution in [-0.4, -0.2) is 89.4 Å². The highest BCUT2D eigenvalue weighted by Crippen LogP contribution is 2.37. The van der Waals surface area contributed by atoms with Crippen LogP contribution in [0.4, 0.5) is 32.9 Å². The lowest BCUT2D eigenvalue weighted by Gasteiger charge is -2.25. The molecule has 0 saturated carbocycles. The molecule has 0 radical (unpaired) electrons. The van der Waals surface area contributed by atoms with E-state index in [2.05, 4.69) is 37.8 Å². The molecule has 0 aliphatic carbocycles. The predicted molar refractivity (Wildman–Crippen MR) is 342 cm³/mol. The van der Waals surface area contributed by atoms with Crippen molar-refractivity contribution in [1.29, 1.82) is 0 Å². The van der Waals surface area contributed by atoms with Gasteiger partial charge in [-0.15, -0.1) is 0 Å². The largest absolute Gasteiger partial charge is 0.444 e. The molecule has 6 heterocycles. The van der Waals surface area contributed by atoms with Crippen molar-refractivity contribution in [3.63, 3.8) is 0 Å². The Morgan fingerprint density at radius 2 is 0.977 bits per heavy atom. The number of anilines is 4. The van der Waals surface area contributed by atoms with Crippen LogP contribution < -0.4 is 42.2 Å². The molecule has 2 atom stereocenters. The second-order valence-corrected chi connectivity index (χ2v) is 23.5. The lowest BCUT2D eigenvalue weighted by Crippen LogP contribution is -2.44. The minimum absolute atomic E-state index is 0.174. The van der Waals surface area contributed by atoms with Crippen LogP contribution in [0.3, 0.4) is 0 Å². The molecule has 4 amide bonds. The number of aromatic nitrogens is 6. The van der Waals surface area contributed by atoms with E-state index in [4.69, 9.17) is 19.4 Å². The fourth-order valence-electron chi connectivity index (χ4n) is 10.6. The number of carbonyl (C=O) groups excluding carboxylic acids is 4. The summed E-state index contributed by atoms with van der Waals surface area (Å²) in [6.07, 6.45) is 8.80. The van der Waals surface area contributed by atoms with E-state index in [9.17, 15) is 28.8 Å². The van der Waals surface area contributed by atoms with Crippen molar-refractivity contribution >= 4 is 53.3 Å². The van der Waals surface area contributed by atoms with E-state index in [1.165, 1.54) is 18.9 Å². The molecule has 2 aliphatic heterocycles. The molecule has 10 rings (SSSR count). The molecular weight excluding hydrogens is 1110 g/mol. The maximum atomic E-state index is 14.1. The van der Waals surface area contributed by atoms with Crippen LogP contribution >= 0.6 is 0 Å². The molecule has 4 N–H and O–H groups in total. The summed E-state index contributed by atoms with van der Waals surface area (Å²) in [7, 11) is 3.23. The zero-order valence-corrected chi connectivity index (χ0v) is 51.1. The van der Waals surface area contributed by atoms with Crippen LogP contribution in [0.2, 0.25) is 0 Å². The molecule has 20 heteroatoms. The molecule has 0 unspecified atom stereocenters. The number of carbonyl (C=O) groups is 4. The van der Waals surface area contributed by atoms with Gasteiger partial charge >= 0.3 is 12.2 Å². The fourth-order valence-corrected chi connectivity index (χ4v) is 10.6. The van der Waals surface area contributed by atoms with Gasteiger partial charge in [0.15, 0.2) is 0 Å². The van der Waals surface area contributed by atoms with Gasteiger partial charge in [-0.25, -0.2) is 19.6 Å². The summed E-state index contributed by atoms with van der Waals surface area (Å²) in [5.74, 6) is 0.0883. The summed E-state index contributed by atoms with van der Waals surface area (Å²) in [5, 5.41) is 12.4. The van der Waals surface area contributed by atoms with E-state index in [0.717, 1.165) is 27.8 Å². The number of hydrogen-bond acceptors (Lipinski definition) is 14. The smallest absolute Gasteiger partial charge is 0.407 e. The third kappa shape index (κ3) is 14.7. The second kappa shape index (κ2) is 27.0. The Labute approximate surface area is 511 Å². The molecule has 454 valence electrons. The van der Waals surface area contributed by atoms with Gasteiger partial charge < -0.3 is 30.7 Å². The highest BCUT2D eigenvalue weighted by Gasteiger charge is 2.37. The van der Waals surface area contributed by atoms with E-state index in [0.29, 0.717) is 64.4 Å². The van der Waals surface area contributed by atoms with Crippen LogP contribution in [0.25, 0.3) is 28.6 Å². The summed E-state index contributed by atoms with van der Waals surface area (Å²) in [5.41, 5.74) is 6.92. The van der Waals surface area contributed by atoms with E-state index in [1.807, 2.05) is 125 Å². The average Bonchev–Trinajstić information content (AvgIpc) is 2.04. The normalized spacial score (nSPS) is 13.3. The van der Waals surface area contributed by atoms with E-state index >= 15 is 0 Å². The van der Waals surface area contributed by atoms with Gasteiger partial charge in [-0.05, 0) is 118 Å². The highest BCUT2D eigenvalue weighted by atomic mass is 16.6. The van der Waals surface area contributed by atoms with Gasteiger partial charge in [-0.1, -0.05) is 117 Å².